The Bertz CT molecular complexity index is 8970. The fourth-order valence-corrected chi connectivity index (χ4v) is 24.3. The number of benzene rings is 17. The SMILES string of the molecule is CC1(C)c2cc3c4cc(-c5ccc(-c6cccc7c6oc6ccccc67)cc5)ccc4n(-c4ccccc4)c3cc2C(C)(C)C1(C)C.CC1(C)c2cc3c4cc(-c5ccccc5)ccc4n(-c4cccc(-c5nc(-c6ccccc6)nc(-c6ccccc6)n5)c4)c3cc2C(C)(C)C1(C)C.CC1(C)c2cc3c4cc(-c5nc(-c6ccccc6)nc(-c6ccccc6)n5)ccc4n(-c4ccccc4)c3cc2C(C)(C)C1(C)C. The van der Waals surface area contributed by atoms with Gasteiger partial charge >= 0.3 is 0 Å². The van der Waals surface area contributed by atoms with Crippen molar-refractivity contribution in [1.29, 1.82) is 0 Å². The van der Waals surface area contributed by atoms with Gasteiger partial charge in [-0.3, -0.25) is 0 Å². The van der Waals surface area contributed by atoms with Gasteiger partial charge in [0.05, 0.1) is 33.1 Å². The Morgan fingerprint density at radius 3 is 0.793 bits per heavy atom. The summed E-state index contributed by atoms with van der Waals surface area (Å²) < 4.78 is 13.7. The van der Waals surface area contributed by atoms with Gasteiger partial charge in [0.15, 0.2) is 34.9 Å². The molecule has 23 aromatic rings. The Hall–Kier alpha value is -16.0. The van der Waals surface area contributed by atoms with Gasteiger partial charge in [0.1, 0.15) is 11.2 Å². The molecule has 0 atom stereocenters. The lowest BCUT2D eigenvalue weighted by Crippen LogP contribution is -2.42. The lowest BCUT2D eigenvalue weighted by Gasteiger charge is -2.44. The first kappa shape index (κ1) is 91.4. The zero-order valence-electron chi connectivity index (χ0n) is 86.0. The molecule has 145 heavy (non-hydrogen) atoms. The second-order valence-corrected chi connectivity index (χ2v) is 45.1. The van der Waals surface area contributed by atoms with Crippen LogP contribution in [0.3, 0.4) is 0 Å². The van der Waals surface area contributed by atoms with Crippen LogP contribution in [-0.4, -0.2) is 43.6 Å². The van der Waals surface area contributed by atoms with Crippen LogP contribution >= 0.6 is 0 Å². The average molecular weight is 1880 g/mol. The smallest absolute Gasteiger partial charge is 0.164 e. The monoisotopic (exact) mass is 1880 g/mol. The molecule has 0 N–H and O–H groups in total. The molecule has 0 amide bonds. The molecule has 0 saturated carbocycles. The Balaban J connectivity index is 0.000000117. The van der Waals surface area contributed by atoms with Crippen molar-refractivity contribution < 1.29 is 4.42 Å². The topological polar surface area (TPSA) is 105 Å². The van der Waals surface area contributed by atoms with Crippen LogP contribution in [0.2, 0.25) is 0 Å². The summed E-state index contributed by atoms with van der Waals surface area (Å²) in [6.07, 6.45) is 0. The normalized spacial score (nSPS) is 16.0. The third kappa shape index (κ3) is 14.2. The van der Waals surface area contributed by atoms with Crippen molar-refractivity contribution in [3.05, 3.63) is 428 Å². The molecule has 0 bridgehead atoms. The summed E-state index contributed by atoms with van der Waals surface area (Å²) in [7, 11) is 0. The maximum Gasteiger partial charge on any atom is 0.164 e. The molecule has 17 aromatic carbocycles. The fraction of sp³-hybridized carbons (Fsp3) is 0.200. The Morgan fingerprint density at radius 1 is 0.172 bits per heavy atom. The predicted molar refractivity (Wildman–Crippen MR) is 605 cm³/mol. The second-order valence-electron chi connectivity index (χ2n) is 45.1. The van der Waals surface area contributed by atoms with E-state index >= 15 is 0 Å². The van der Waals surface area contributed by atoms with E-state index in [-0.39, 0.29) is 48.7 Å². The fourth-order valence-electron chi connectivity index (χ4n) is 24.3. The summed E-state index contributed by atoms with van der Waals surface area (Å²) in [5, 5.41) is 9.89. The highest BCUT2D eigenvalue weighted by Crippen LogP contribution is 2.66. The molecule has 3 aliphatic carbocycles. The first-order valence-corrected chi connectivity index (χ1v) is 51.1. The van der Waals surface area contributed by atoms with E-state index in [9.17, 15) is 0 Å². The number of furan rings is 1. The molecule has 3 aliphatic rings. The van der Waals surface area contributed by atoms with Gasteiger partial charge in [-0.25, -0.2) is 29.9 Å². The highest BCUT2D eigenvalue weighted by atomic mass is 16.3. The van der Waals surface area contributed by atoms with E-state index in [0.29, 0.717) is 34.9 Å². The molecule has 0 saturated heterocycles. The highest BCUT2D eigenvalue weighted by molar-refractivity contribution is 6.15. The predicted octanol–water partition coefficient (Wildman–Crippen LogP) is 35.4. The van der Waals surface area contributed by atoms with Crippen LogP contribution in [0, 0.1) is 16.2 Å². The lowest BCUT2D eigenvalue weighted by atomic mass is 9.59. The first-order chi connectivity index (χ1) is 69.7. The van der Waals surface area contributed by atoms with Crippen molar-refractivity contribution in [3.63, 3.8) is 0 Å². The van der Waals surface area contributed by atoms with Crippen molar-refractivity contribution in [2.24, 2.45) is 16.2 Å². The first-order valence-electron chi connectivity index (χ1n) is 51.1. The lowest BCUT2D eigenvalue weighted by molar-refractivity contribution is 0.125. The van der Waals surface area contributed by atoms with Crippen molar-refractivity contribution >= 4 is 87.4 Å². The van der Waals surface area contributed by atoms with Crippen LogP contribution in [0.5, 0.6) is 0 Å². The minimum absolute atomic E-state index is 0.00217. The van der Waals surface area contributed by atoms with E-state index in [2.05, 4.69) is 448 Å². The van der Waals surface area contributed by atoms with Gasteiger partial charge in [-0.2, -0.15) is 0 Å². The van der Waals surface area contributed by atoms with Gasteiger partial charge in [0, 0.05) is 99.1 Å². The molecule has 10 nitrogen and oxygen atoms in total. The summed E-state index contributed by atoms with van der Waals surface area (Å²) in [4.78, 5) is 30.0. The molecule has 0 fully saturated rings. The van der Waals surface area contributed by atoms with Gasteiger partial charge in [0.2, 0.25) is 0 Å². The molecule has 0 spiro atoms. The minimum Gasteiger partial charge on any atom is -0.455 e. The Morgan fingerprint density at radius 2 is 0.421 bits per heavy atom. The molecule has 10 heteroatoms. The third-order valence-electron chi connectivity index (χ3n) is 36.2. The Kier molecular flexibility index (Phi) is 21.2. The number of para-hydroxylation sites is 4. The second kappa shape index (κ2) is 33.5. The molecule has 26 rings (SSSR count). The molecule has 6 aromatic heterocycles. The van der Waals surface area contributed by atoms with Crippen LogP contribution in [0.25, 0.3) is 206 Å². The Labute approximate surface area is 849 Å². The van der Waals surface area contributed by atoms with Crippen LogP contribution in [-0.2, 0) is 32.5 Å². The van der Waals surface area contributed by atoms with E-state index < -0.39 is 0 Å². The summed E-state index contributed by atoms with van der Waals surface area (Å²) in [5.74, 6) is 3.96. The molecule has 710 valence electrons. The molecule has 0 unspecified atom stereocenters. The number of fused-ring (bicyclic) bond motifs is 15. The number of nitrogens with zero attached hydrogens (tertiary/aromatic N) is 9. The van der Waals surface area contributed by atoms with E-state index in [1.54, 1.807) is 0 Å². The van der Waals surface area contributed by atoms with E-state index in [1.807, 2.05) is 84.9 Å². The van der Waals surface area contributed by atoms with Crippen LogP contribution in [0.1, 0.15) is 158 Å². The number of rotatable bonds is 12. The van der Waals surface area contributed by atoms with E-state index in [1.165, 1.54) is 127 Å². The summed E-state index contributed by atoms with van der Waals surface area (Å²) in [5.41, 5.74) is 34.5. The zero-order valence-corrected chi connectivity index (χ0v) is 86.0. The zero-order chi connectivity index (χ0) is 100.0. The average Bonchev–Trinajstić information content (AvgIpc) is 1.53. The van der Waals surface area contributed by atoms with Crippen LogP contribution in [0.4, 0.5) is 0 Å². The third-order valence-corrected chi connectivity index (χ3v) is 36.2. The molecule has 0 aliphatic heterocycles. The molecular formula is C135H119N9O. The van der Waals surface area contributed by atoms with Gasteiger partial charge in [-0.1, -0.05) is 398 Å². The van der Waals surface area contributed by atoms with Crippen LogP contribution in [0.15, 0.2) is 399 Å². The van der Waals surface area contributed by atoms with E-state index in [4.69, 9.17) is 34.3 Å². The molecular weight excluding hydrogens is 1760 g/mol. The highest BCUT2D eigenvalue weighted by Gasteiger charge is 2.60. The van der Waals surface area contributed by atoms with Gasteiger partial charge in [0.25, 0.3) is 0 Å². The van der Waals surface area contributed by atoms with Crippen molar-refractivity contribution in [2.75, 3.05) is 0 Å². The number of hydrogen-bond donors (Lipinski definition) is 0. The summed E-state index contributed by atoms with van der Waals surface area (Å²) >= 11 is 0. The van der Waals surface area contributed by atoms with Crippen molar-refractivity contribution in [3.8, 4) is 119 Å². The van der Waals surface area contributed by atoms with Crippen LogP contribution < -0.4 is 0 Å². The standard InChI is InChI=1S/C48H42N4.C45H39NO.C42H38N4/c1-46(2)39-29-38-37-28-34(31-17-10-7-11-18-31)25-26-41(37)52(42(38)30-40(39)47(3,4)48(46,5)6)36-24-16-23-35(27-36)45-50-43(32-19-12-8-13-20-32)49-44(51-45)33-21-14-9-15-22-33;1-43(2)37-26-36-35-25-30(28-19-21-29(22-20-28)32-16-12-17-34-33-15-10-11-18-41(33)47-42(32)34)23-24-39(35)46(31-13-8-7-9-14-31)40(36)27-38(37)44(3,4)45(43,5)6;1-40(2)33-25-32-31-24-29(39-44-37(27-16-10-7-11-17-27)43-38(45-39)28-18-12-8-13-19-28)22-23-35(31)46(30-20-14-9-15-21-30)36(32)26-34(33)41(3,4)42(40,5)6/h7-30H,1-6H3;7-27H,1-6H3;7-26H,1-6H3. The van der Waals surface area contributed by atoms with Gasteiger partial charge < -0.3 is 18.1 Å². The molecule has 0 radical (unpaired) electrons. The quantitative estimate of drug-likeness (QED) is 0.120. The van der Waals surface area contributed by atoms with Gasteiger partial charge in [-0.15, -0.1) is 0 Å². The number of aromatic nitrogens is 9. The largest absolute Gasteiger partial charge is 0.455 e. The summed E-state index contributed by atoms with van der Waals surface area (Å²) in [6.45, 7) is 43.7. The van der Waals surface area contributed by atoms with Gasteiger partial charge in [-0.05, 0) is 231 Å². The van der Waals surface area contributed by atoms with Crippen molar-refractivity contribution in [1.82, 2.24) is 43.6 Å². The molecule has 6 heterocycles. The summed E-state index contributed by atoms with van der Waals surface area (Å²) in [6, 6.07) is 141. The van der Waals surface area contributed by atoms with E-state index in [0.717, 1.165) is 77.8 Å². The van der Waals surface area contributed by atoms with Crippen molar-refractivity contribution in [2.45, 2.75) is 157 Å². The minimum atomic E-state index is -0.0229. The maximum absolute atomic E-state index is 6.35. The maximum atomic E-state index is 6.35. The number of hydrogen-bond acceptors (Lipinski definition) is 7.